The number of hydrogen-bond donors (Lipinski definition) is 3. The lowest BCUT2D eigenvalue weighted by atomic mass is 10.0. The molecule has 1 aromatic carbocycles. The highest BCUT2D eigenvalue weighted by molar-refractivity contribution is 5.94. The second-order valence-electron chi connectivity index (χ2n) is 8.08. The van der Waals surface area contributed by atoms with Crippen molar-refractivity contribution >= 4 is 28.7 Å². The Morgan fingerprint density at radius 1 is 1.26 bits per heavy atom. The number of nitrogens with one attached hydrogen (secondary N) is 1. The number of hydrogen-bond acceptors (Lipinski definition) is 8. The van der Waals surface area contributed by atoms with Gasteiger partial charge in [-0.05, 0) is 44.4 Å². The maximum absolute atomic E-state index is 11.0. The molecule has 1 aliphatic heterocycles. The maximum atomic E-state index is 11.0. The first-order chi connectivity index (χ1) is 16.9. The Balaban J connectivity index is 0.000000225. The van der Waals surface area contributed by atoms with E-state index < -0.39 is 11.9 Å². The summed E-state index contributed by atoms with van der Waals surface area (Å²) in [5.74, 6) is -1.60. The minimum absolute atomic E-state index is 0.0721. The Kier molecular flexibility index (Phi) is 9.16. The van der Waals surface area contributed by atoms with Crippen LogP contribution in [0.4, 0.5) is 5.69 Å². The molecule has 188 valence electrons. The summed E-state index contributed by atoms with van der Waals surface area (Å²) in [6.07, 6.45) is 4.83. The van der Waals surface area contributed by atoms with Crippen LogP contribution in [-0.2, 0) is 29.0 Å². The Bertz CT molecular complexity index is 1170. The number of carboxylic acids is 1. The molecule has 1 aliphatic rings. The van der Waals surface area contributed by atoms with Gasteiger partial charge in [0.2, 0.25) is 0 Å². The number of ether oxygens (including phenoxy) is 2. The molecule has 1 saturated heterocycles. The summed E-state index contributed by atoms with van der Waals surface area (Å²) < 4.78 is 11.8. The number of carbonyl (C=O) groups is 2. The minimum Gasteiger partial charge on any atom is -0.478 e. The van der Waals surface area contributed by atoms with Gasteiger partial charge in [0.05, 0.1) is 35.5 Å². The van der Waals surface area contributed by atoms with Gasteiger partial charge in [0.25, 0.3) is 0 Å². The smallest absolute Gasteiger partial charge is 0.337 e. The predicted molar refractivity (Wildman–Crippen MR) is 133 cm³/mol. The first kappa shape index (κ1) is 26.1. The zero-order valence-corrected chi connectivity index (χ0v) is 20.4. The molecule has 0 radical (unpaired) electrons. The van der Waals surface area contributed by atoms with E-state index in [1.54, 1.807) is 0 Å². The largest absolute Gasteiger partial charge is 0.478 e. The number of esters is 1. The van der Waals surface area contributed by atoms with E-state index in [0.717, 1.165) is 67.0 Å². The molecule has 3 heterocycles. The van der Waals surface area contributed by atoms with Crippen molar-refractivity contribution in [2.75, 3.05) is 25.6 Å². The number of aryl methyl sites for hydroxylation is 2. The minimum atomic E-state index is -1.06. The number of carbonyl (C=O) groups excluding carboxylic acids is 1. The number of nitrogens with two attached hydrogens (primary N) is 1. The number of aromatic nitrogens is 3. The molecule has 2 aromatic heterocycles. The van der Waals surface area contributed by atoms with Crippen molar-refractivity contribution in [1.29, 1.82) is 0 Å². The van der Waals surface area contributed by atoms with Crippen molar-refractivity contribution in [3.63, 3.8) is 0 Å². The molecule has 0 unspecified atom stereocenters. The fraction of sp³-hybridized carbons (Fsp3) is 0.440. The standard InChI is InChI=1S/C16H25N5O.C9H8O4/c1-3-14-12(9-17)15(19-11-5-7-22-8-6-11)13-10-18-21(4-2)16(13)20-14;1-13-9(12)7-4-2-3-6(5-7)8(10)11/h10-11H,3-9,17H2,1-2H3,(H,19,20);2-5H,1H3,(H,10,11). The second kappa shape index (κ2) is 12.3. The van der Waals surface area contributed by atoms with Gasteiger partial charge in [-0.2, -0.15) is 5.10 Å². The quantitative estimate of drug-likeness (QED) is 0.432. The van der Waals surface area contributed by atoms with Gasteiger partial charge in [-0.3, -0.25) is 0 Å². The topological polar surface area (TPSA) is 142 Å². The van der Waals surface area contributed by atoms with Crippen LogP contribution in [0.1, 0.15) is 58.7 Å². The highest BCUT2D eigenvalue weighted by Crippen LogP contribution is 2.30. The monoisotopic (exact) mass is 483 g/mol. The normalized spacial score (nSPS) is 13.7. The summed E-state index contributed by atoms with van der Waals surface area (Å²) in [5, 5.41) is 17.9. The van der Waals surface area contributed by atoms with Crippen LogP contribution in [0.2, 0.25) is 0 Å². The van der Waals surface area contributed by atoms with Crippen molar-refractivity contribution in [2.45, 2.75) is 52.2 Å². The van der Waals surface area contributed by atoms with Crippen LogP contribution in [0.5, 0.6) is 0 Å². The molecule has 0 aliphatic carbocycles. The fourth-order valence-corrected chi connectivity index (χ4v) is 4.03. The summed E-state index contributed by atoms with van der Waals surface area (Å²) in [5.41, 5.74) is 10.6. The lowest BCUT2D eigenvalue weighted by molar-refractivity contribution is 0.0600. The zero-order valence-electron chi connectivity index (χ0n) is 20.4. The van der Waals surface area contributed by atoms with E-state index in [2.05, 4.69) is 29.0 Å². The molecule has 10 heteroatoms. The van der Waals surface area contributed by atoms with Gasteiger partial charge in [0.1, 0.15) is 0 Å². The van der Waals surface area contributed by atoms with Crippen LogP contribution in [-0.4, -0.2) is 58.2 Å². The van der Waals surface area contributed by atoms with Gasteiger partial charge in [-0.1, -0.05) is 13.0 Å². The van der Waals surface area contributed by atoms with E-state index in [1.165, 1.54) is 31.4 Å². The summed E-state index contributed by atoms with van der Waals surface area (Å²) in [6.45, 7) is 7.16. The number of pyridine rings is 1. The predicted octanol–water partition coefficient (Wildman–Crippen LogP) is 3.23. The molecule has 0 saturated carbocycles. The molecule has 10 nitrogen and oxygen atoms in total. The van der Waals surface area contributed by atoms with Crippen LogP contribution in [0, 0.1) is 0 Å². The van der Waals surface area contributed by atoms with Crippen molar-refractivity contribution < 1.29 is 24.2 Å². The Morgan fingerprint density at radius 3 is 2.57 bits per heavy atom. The number of carboxylic acid groups (broad SMARTS) is 1. The number of methoxy groups -OCH3 is 1. The number of fused-ring (bicyclic) bond motifs is 1. The Hall–Kier alpha value is -3.50. The van der Waals surface area contributed by atoms with Gasteiger partial charge < -0.3 is 25.6 Å². The number of rotatable bonds is 7. The lowest BCUT2D eigenvalue weighted by Gasteiger charge is -2.26. The highest BCUT2D eigenvalue weighted by atomic mass is 16.5. The van der Waals surface area contributed by atoms with Gasteiger partial charge in [0, 0.05) is 43.6 Å². The van der Waals surface area contributed by atoms with Crippen LogP contribution >= 0.6 is 0 Å². The molecule has 0 spiro atoms. The summed E-state index contributed by atoms with van der Waals surface area (Å²) in [7, 11) is 1.25. The van der Waals surface area contributed by atoms with Crippen LogP contribution in [0.15, 0.2) is 30.5 Å². The van der Waals surface area contributed by atoms with Crippen molar-refractivity contribution in [3.05, 3.63) is 52.8 Å². The third-order valence-electron chi connectivity index (χ3n) is 5.91. The first-order valence-corrected chi connectivity index (χ1v) is 11.8. The van der Waals surface area contributed by atoms with E-state index in [9.17, 15) is 9.59 Å². The summed E-state index contributed by atoms with van der Waals surface area (Å²) >= 11 is 0. The van der Waals surface area contributed by atoms with Crippen LogP contribution < -0.4 is 11.1 Å². The number of nitrogens with zero attached hydrogens (tertiary/aromatic N) is 3. The molecule has 1 fully saturated rings. The zero-order chi connectivity index (χ0) is 25.4. The second-order valence-corrected chi connectivity index (χ2v) is 8.08. The van der Waals surface area contributed by atoms with E-state index >= 15 is 0 Å². The molecule has 0 atom stereocenters. The van der Waals surface area contributed by atoms with Gasteiger partial charge in [-0.25, -0.2) is 19.3 Å². The molecule has 0 bridgehead atoms. The van der Waals surface area contributed by atoms with E-state index in [4.69, 9.17) is 20.6 Å². The maximum Gasteiger partial charge on any atom is 0.337 e. The Morgan fingerprint density at radius 2 is 1.97 bits per heavy atom. The molecule has 35 heavy (non-hydrogen) atoms. The van der Waals surface area contributed by atoms with Crippen LogP contribution in [0.3, 0.4) is 0 Å². The van der Waals surface area contributed by atoms with Gasteiger partial charge >= 0.3 is 11.9 Å². The molecular weight excluding hydrogens is 450 g/mol. The first-order valence-electron chi connectivity index (χ1n) is 11.8. The van der Waals surface area contributed by atoms with E-state index in [-0.39, 0.29) is 11.1 Å². The average molecular weight is 484 g/mol. The SMILES string of the molecule is CCc1nc2c(cnn2CC)c(NC2CCOCC2)c1CN.COC(=O)c1cccc(C(=O)O)c1. The molecule has 4 N–H and O–H groups in total. The molecular formula is C25H33N5O5. The third-order valence-corrected chi connectivity index (χ3v) is 5.91. The number of benzene rings is 1. The Labute approximate surface area is 204 Å². The summed E-state index contributed by atoms with van der Waals surface area (Å²) in [4.78, 5) is 26.3. The number of anilines is 1. The lowest BCUT2D eigenvalue weighted by Crippen LogP contribution is -2.29. The van der Waals surface area contributed by atoms with Gasteiger partial charge in [-0.15, -0.1) is 0 Å². The summed E-state index contributed by atoms with van der Waals surface area (Å²) in [6, 6.07) is 6.11. The van der Waals surface area contributed by atoms with Crippen molar-refractivity contribution in [1.82, 2.24) is 14.8 Å². The molecule has 0 amide bonds. The van der Waals surface area contributed by atoms with Gasteiger partial charge in [0.15, 0.2) is 5.65 Å². The van der Waals surface area contributed by atoms with E-state index in [0.29, 0.717) is 12.6 Å². The third kappa shape index (κ3) is 6.14. The fourth-order valence-electron chi connectivity index (χ4n) is 4.03. The van der Waals surface area contributed by atoms with Crippen molar-refractivity contribution in [2.24, 2.45) is 5.73 Å². The molecule has 4 rings (SSSR count). The average Bonchev–Trinajstić information content (AvgIpc) is 3.32. The van der Waals surface area contributed by atoms with Crippen LogP contribution in [0.25, 0.3) is 11.0 Å². The van der Waals surface area contributed by atoms with Crippen molar-refractivity contribution in [3.8, 4) is 0 Å². The molecule has 3 aromatic rings. The number of aromatic carboxylic acids is 1. The van der Waals surface area contributed by atoms with E-state index in [1.807, 2.05) is 10.9 Å². The highest BCUT2D eigenvalue weighted by Gasteiger charge is 2.20.